The zero-order chi connectivity index (χ0) is 26.7. The number of carbonyl (C=O) groups is 1. The fourth-order valence-electron chi connectivity index (χ4n) is 5.70. The van der Waals surface area contributed by atoms with Gasteiger partial charge in [-0.15, -0.1) is 0 Å². The summed E-state index contributed by atoms with van der Waals surface area (Å²) in [6.07, 6.45) is 6.02. The van der Waals surface area contributed by atoms with Crippen LogP contribution in [-0.2, 0) is 17.8 Å². The molecule has 0 saturated heterocycles. The van der Waals surface area contributed by atoms with Crippen molar-refractivity contribution in [3.05, 3.63) is 71.9 Å². The van der Waals surface area contributed by atoms with Crippen molar-refractivity contribution in [1.82, 2.24) is 20.4 Å². The van der Waals surface area contributed by atoms with Crippen LogP contribution < -0.4 is 15.4 Å². The number of aliphatic hydroxyl groups excluding tert-OH is 1. The van der Waals surface area contributed by atoms with Crippen LogP contribution in [0, 0.1) is 5.92 Å². The third kappa shape index (κ3) is 6.11. The molecule has 3 aromatic rings. The van der Waals surface area contributed by atoms with Gasteiger partial charge in [-0.05, 0) is 61.4 Å². The second-order valence-corrected chi connectivity index (χ2v) is 11.4. The van der Waals surface area contributed by atoms with Crippen molar-refractivity contribution in [2.45, 2.75) is 83.2 Å². The molecule has 1 fully saturated rings. The van der Waals surface area contributed by atoms with Gasteiger partial charge in [0.1, 0.15) is 11.4 Å². The first-order valence-electron chi connectivity index (χ1n) is 13.9. The number of nitrogens with one attached hydrogen (secondary N) is 2. The van der Waals surface area contributed by atoms with Crippen LogP contribution in [0.2, 0.25) is 0 Å². The van der Waals surface area contributed by atoms with Crippen molar-refractivity contribution in [2.75, 3.05) is 6.54 Å². The van der Waals surface area contributed by atoms with Crippen LogP contribution in [0.1, 0.15) is 63.6 Å². The second kappa shape index (κ2) is 11.3. The van der Waals surface area contributed by atoms with Gasteiger partial charge < -0.3 is 20.5 Å². The molecule has 38 heavy (non-hydrogen) atoms. The summed E-state index contributed by atoms with van der Waals surface area (Å²) in [5.41, 5.74) is 4.06. The number of aromatic nitrogens is 2. The van der Waals surface area contributed by atoms with E-state index >= 15 is 0 Å². The zero-order valence-electron chi connectivity index (χ0n) is 22.7. The highest BCUT2D eigenvalue weighted by Gasteiger charge is 2.45. The van der Waals surface area contributed by atoms with Crippen molar-refractivity contribution in [1.29, 1.82) is 0 Å². The minimum atomic E-state index is -0.738. The molecule has 2 aromatic carbocycles. The van der Waals surface area contributed by atoms with Crippen LogP contribution in [0.3, 0.4) is 0 Å². The molecule has 202 valence electrons. The first-order valence-corrected chi connectivity index (χ1v) is 13.9. The summed E-state index contributed by atoms with van der Waals surface area (Å²) >= 11 is 0. The highest BCUT2D eigenvalue weighted by atomic mass is 16.5. The monoisotopic (exact) mass is 516 g/mol. The molecule has 1 saturated carbocycles. The second-order valence-electron chi connectivity index (χ2n) is 11.4. The molecule has 1 aliphatic carbocycles. The van der Waals surface area contributed by atoms with E-state index < -0.39 is 6.10 Å². The maximum Gasteiger partial charge on any atom is 0.217 e. The number of aliphatic hydroxyl groups is 1. The number of carbonyl (C=O) groups excluding carboxylic acids is 1. The number of benzene rings is 2. The van der Waals surface area contributed by atoms with Gasteiger partial charge in [0.15, 0.2) is 0 Å². The average molecular weight is 517 g/mol. The largest absolute Gasteiger partial charge is 0.487 e. The molecule has 1 spiro atoms. The maximum atomic E-state index is 11.9. The van der Waals surface area contributed by atoms with E-state index in [2.05, 4.69) is 48.7 Å². The Morgan fingerprint density at radius 2 is 1.97 bits per heavy atom. The SMILES string of the molecule is CC(=O)N[C@@H](Cc1ccccc1)[C@H](O)CN[C@H]1CC2(CCC2)Oc2ccc(-c3ccn(CC(C)C)n3)cc21. The Labute approximate surface area is 225 Å². The van der Waals surface area contributed by atoms with Gasteiger partial charge in [0.25, 0.3) is 0 Å². The first-order chi connectivity index (χ1) is 18.3. The third-order valence-corrected chi connectivity index (χ3v) is 7.77. The van der Waals surface area contributed by atoms with E-state index in [1.165, 1.54) is 13.3 Å². The van der Waals surface area contributed by atoms with Crippen molar-refractivity contribution in [3.63, 3.8) is 0 Å². The van der Waals surface area contributed by atoms with Gasteiger partial charge in [0.05, 0.1) is 17.8 Å². The van der Waals surface area contributed by atoms with Gasteiger partial charge in [0, 0.05) is 49.8 Å². The zero-order valence-corrected chi connectivity index (χ0v) is 22.7. The van der Waals surface area contributed by atoms with Crippen LogP contribution in [0.15, 0.2) is 60.8 Å². The molecule has 2 aliphatic rings. The molecular formula is C31H40N4O3. The summed E-state index contributed by atoms with van der Waals surface area (Å²) in [5.74, 6) is 1.30. The summed E-state index contributed by atoms with van der Waals surface area (Å²) < 4.78 is 8.54. The van der Waals surface area contributed by atoms with Crippen LogP contribution in [0.25, 0.3) is 11.3 Å². The summed E-state index contributed by atoms with van der Waals surface area (Å²) in [6.45, 7) is 7.13. The first kappa shape index (κ1) is 26.4. The predicted molar refractivity (Wildman–Crippen MR) is 149 cm³/mol. The van der Waals surface area contributed by atoms with E-state index in [1.807, 2.05) is 41.2 Å². The molecule has 5 rings (SSSR count). The van der Waals surface area contributed by atoms with Gasteiger partial charge in [-0.3, -0.25) is 9.48 Å². The smallest absolute Gasteiger partial charge is 0.217 e. The van der Waals surface area contributed by atoms with Crippen LogP contribution in [-0.4, -0.2) is 45.1 Å². The van der Waals surface area contributed by atoms with E-state index in [9.17, 15) is 9.90 Å². The molecular weight excluding hydrogens is 476 g/mol. The number of nitrogens with zero attached hydrogens (tertiary/aromatic N) is 2. The molecule has 7 heteroatoms. The lowest BCUT2D eigenvalue weighted by molar-refractivity contribution is -0.120. The van der Waals surface area contributed by atoms with Crippen molar-refractivity contribution in [3.8, 4) is 17.0 Å². The van der Waals surface area contributed by atoms with E-state index in [0.29, 0.717) is 18.9 Å². The van der Waals surface area contributed by atoms with E-state index in [1.54, 1.807) is 0 Å². The topological polar surface area (TPSA) is 88.4 Å². The maximum absolute atomic E-state index is 11.9. The van der Waals surface area contributed by atoms with Crippen molar-refractivity contribution >= 4 is 5.91 Å². The highest BCUT2D eigenvalue weighted by molar-refractivity contribution is 5.73. The lowest BCUT2D eigenvalue weighted by Crippen LogP contribution is -2.52. The highest BCUT2D eigenvalue weighted by Crippen LogP contribution is 2.49. The van der Waals surface area contributed by atoms with E-state index in [4.69, 9.17) is 9.84 Å². The number of rotatable bonds is 10. The quantitative estimate of drug-likeness (QED) is 0.365. The standard InChI is InChI=1S/C31H40N4O3/c1-21(2)20-35-15-12-26(34-35)24-10-11-30-25(17-24)28(18-31(38-30)13-7-14-31)32-19-29(37)27(33-22(3)36)16-23-8-5-4-6-9-23/h4-6,8-12,15,17,21,27-29,32,37H,7,13-14,16,18-20H2,1-3H3,(H,33,36)/t27-,28-,29+/m0/s1. The van der Waals surface area contributed by atoms with Gasteiger partial charge >= 0.3 is 0 Å². The number of fused-ring (bicyclic) bond motifs is 1. The number of hydrogen-bond donors (Lipinski definition) is 3. The molecule has 0 unspecified atom stereocenters. The Balaban J connectivity index is 1.34. The summed E-state index contributed by atoms with van der Waals surface area (Å²) in [4.78, 5) is 11.9. The van der Waals surface area contributed by atoms with Crippen LogP contribution in [0.4, 0.5) is 0 Å². The van der Waals surface area contributed by atoms with E-state index in [-0.39, 0.29) is 23.6 Å². The summed E-state index contributed by atoms with van der Waals surface area (Å²) in [7, 11) is 0. The average Bonchev–Trinajstić information content (AvgIpc) is 3.33. The fourth-order valence-corrected chi connectivity index (χ4v) is 5.70. The van der Waals surface area contributed by atoms with Gasteiger partial charge in [-0.1, -0.05) is 44.2 Å². The van der Waals surface area contributed by atoms with Crippen molar-refractivity contribution in [2.24, 2.45) is 5.92 Å². The number of ether oxygens (including phenoxy) is 1. The summed E-state index contributed by atoms with van der Waals surface area (Å²) in [5, 5.41) is 22.6. The van der Waals surface area contributed by atoms with Gasteiger partial charge in [-0.2, -0.15) is 5.10 Å². The minimum Gasteiger partial charge on any atom is -0.487 e. The summed E-state index contributed by atoms with van der Waals surface area (Å²) in [6, 6.07) is 18.0. The van der Waals surface area contributed by atoms with Crippen molar-refractivity contribution < 1.29 is 14.6 Å². The molecule has 2 heterocycles. The lowest BCUT2D eigenvalue weighted by atomic mass is 9.72. The Morgan fingerprint density at radius 3 is 2.66 bits per heavy atom. The molecule has 3 N–H and O–H groups in total. The number of hydrogen-bond acceptors (Lipinski definition) is 5. The minimum absolute atomic E-state index is 0.0427. The fraction of sp³-hybridized carbons (Fsp3) is 0.484. The Morgan fingerprint density at radius 1 is 1.18 bits per heavy atom. The third-order valence-electron chi connectivity index (χ3n) is 7.77. The number of amides is 1. The van der Waals surface area contributed by atoms with Crippen LogP contribution in [0.5, 0.6) is 5.75 Å². The van der Waals surface area contributed by atoms with Gasteiger partial charge in [-0.25, -0.2) is 0 Å². The van der Waals surface area contributed by atoms with E-state index in [0.717, 1.165) is 53.9 Å². The normalized spacial score (nSPS) is 19.3. The molecule has 0 bridgehead atoms. The molecule has 0 radical (unpaired) electrons. The molecule has 7 nitrogen and oxygen atoms in total. The van der Waals surface area contributed by atoms with Gasteiger partial charge in [0.2, 0.25) is 5.91 Å². The molecule has 1 aliphatic heterocycles. The Bertz CT molecular complexity index is 1230. The Kier molecular flexibility index (Phi) is 7.86. The van der Waals surface area contributed by atoms with Crippen LogP contribution >= 0.6 is 0 Å². The lowest BCUT2D eigenvalue weighted by Gasteiger charge is -2.48. The molecule has 1 amide bonds. The Hall–Kier alpha value is -3.16. The molecule has 1 aromatic heterocycles. The predicted octanol–water partition coefficient (Wildman–Crippen LogP) is 4.65. The molecule has 3 atom stereocenters.